The van der Waals surface area contributed by atoms with E-state index in [-0.39, 0.29) is 23.2 Å². The van der Waals surface area contributed by atoms with Gasteiger partial charge in [-0.2, -0.15) is 0 Å². The number of nitrogens with zero attached hydrogens (tertiary/aromatic N) is 2. The van der Waals surface area contributed by atoms with Crippen LogP contribution in [0.4, 0.5) is 17.1 Å². The highest BCUT2D eigenvalue weighted by Gasteiger charge is 2.31. The van der Waals surface area contributed by atoms with Gasteiger partial charge in [0.25, 0.3) is 15.7 Å². The first-order valence-corrected chi connectivity index (χ1v) is 10.5. The molecule has 2 aromatic carbocycles. The maximum absolute atomic E-state index is 12.8. The topological polar surface area (TPSA) is 113 Å². The molecule has 150 valence electrons. The first-order valence-electron chi connectivity index (χ1n) is 8.99. The normalized spacial score (nSPS) is 17.0. The summed E-state index contributed by atoms with van der Waals surface area (Å²) in [5.74, 6) is 0. The number of benzene rings is 2. The van der Waals surface area contributed by atoms with Crippen LogP contribution in [0.2, 0.25) is 0 Å². The molecule has 2 N–H and O–H groups in total. The molecule has 1 saturated heterocycles. The van der Waals surface area contributed by atoms with Gasteiger partial charge in [-0.05, 0) is 50.5 Å². The smallest absolute Gasteiger partial charge is 0.293 e. The molecule has 0 saturated carbocycles. The van der Waals surface area contributed by atoms with Crippen molar-refractivity contribution in [2.45, 2.75) is 37.6 Å². The Morgan fingerprint density at radius 1 is 1.25 bits per heavy atom. The molecule has 0 spiro atoms. The van der Waals surface area contributed by atoms with E-state index in [9.17, 15) is 23.6 Å². The summed E-state index contributed by atoms with van der Waals surface area (Å²) in [4.78, 5) is 12.6. The highest BCUT2D eigenvalue weighted by atomic mass is 32.2. The van der Waals surface area contributed by atoms with Crippen molar-refractivity contribution in [2.75, 3.05) is 22.8 Å². The molecule has 2 aromatic rings. The fourth-order valence-corrected chi connectivity index (χ4v) is 4.68. The Kier molecular flexibility index (Phi) is 5.57. The maximum atomic E-state index is 12.8. The molecule has 28 heavy (non-hydrogen) atoms. The Morgan fingerprint density at radius 2 is 2.00 bits per heavy atom. The van der Waals surface area contributed by atoms with Gasteiger partial charge in [0, 0.05) is 12.6 Å². The lowest BCUT2D eigenvalue weighted by molar-refractivity contribution is -0.384. The van der Waals surface area contributed by atoms with Crippen LogP contribution in [0.25, 0.3) is 0 Å². The number of sulfonamides is 1. The molecule has 1 heterocycles. The van der Waals surface area contributed by atoms with Crippen molar-refractivity contribution in [1.29, 1.82) is 0 Å². The predicted octanol–water partition coefficient (Wildman–Crippen LogP) is 2.97. The maximum Gasteiger partial charge on any atom is 0.293 e. The average molecular weight is 405 g/mol. The summed E-state index contributed by atoms with van der Waals surface area (Å²) in [5.41, 5.74) is 2.23. The van der Waals surface area contributed by atoms with Crippen LogP contribution in [0.3, 0.4) is 0 Å². The van der Waals surface area contributed by atoms with Crippen molar-refractivity contribution >= 4 is 27.1 Å². The minimum Gasteiger partial charge on any atom is -0.394 e. The Morgan fingerprint density at radius 3 is 2.64 bits per heavy atom. The van der Waals surface area contributed by atoms with Gasteiger partial charge in [0.2, 0.25) is 0 Å². The minimum absolute atomic E-state index is 0.106. The number of nitro groups is 1. The van der Waals surface area contributed by atoms with Crippen LogP contribution in [0.5, 0.6) is 0 Å². The minimum atomic E-state index is -3.99. The van der Waals surface area contributed by atoms with E-state index in [4.69, 9.17) is 0 Å². The Hall–Kier alpha value is -2.65. The molecule has 0 bridgehead atoms. The SMILES string of the molecule is Cc1ccc(NS(=O)(=O)c2ccc(N3CCC[C@@H]3CO)c([N+](=O)[O-])c2)c(C)c1. The molecule has 1 aliphatic rings. The van der Waals surface area contributed by atoms with Crippen LogP contribution in [-0.2, 0) is 10.0 Å². The monoisotopic (exact) mass is 405 g/mol. The van der Waals surface area contributed by atoms with Crippen molar-refractivity contribution in [3.05, 3.63) is 57.6 Å². The van der Waals surface area contributed by atoms with Crippen LogP contribution in [0.15, 0.2) is 41.3 Å². The van der Waals surface area contributed by atoms with E-state index in [1.54, 1.807) is 24.0 Å². The summed E-state index contributed by atoms with van der Waals surface area (Å²) < 4.78 is 28.1. The number of aliphatic hydroxyl groups is 1. The molecule has 0 aromatic heterocycles. The van der Waals surface area contributed by atoms with Crippen LogP contribution >= 0.6 is 0 Å². The van der Waals surface area contributed by atoms with Crippen molar-refractivity contribution < 1.29 is 18.4 Å². The van der Waals surface area contributed by atoms with E-state index in [0.29, 0.717) is 17.9 Å². The fraction of sp³-hybridized carbons (Fsp3) is 0.368. The van der Waals surface area contributed by atoms with E-state index in [1.807, 2.05) is 13.0 Å². The molecule has 8 nitrogen and oxygen atoms in total. The second-order valence-corrected chi connectivity index (χ2v) is 8.69. The van der Waals surface area contributed by atoms with Gasteiger partial charge in [0.15, 0.2) is 0 Å². The van der Waals surface area contributed by atoms with Crippen LogP contribution < -0.4 is 9.62 Å². The molecule has 3 rings (SSSR count). The average Bonchev–Trinajstić information content (AvgIpc) is 3.12. The number of nitro benzene ring substituents is 1. The van der Waals surface area contributed by atoms with Crippen molar-refractivity contribution in [3.63, 3.8) is 0 Å². The summed E-state index contributed by atoms with van der Waals surface area (Å²) in [7, 11) is -3.99. The summed E-state index contributed by atoms with van der Waals surface area (Å²) in [5, 5.41) is 21.1. The van der Waals surface area contributed by atoms with E-state index >= 15 is 0 Å². The molecule has 1 atom stereocenters. The van der Waals surface area contributed by atoms with Crippen LogP contribution in [-0.4, -0.2) is 37.6 Å². The third-order valence-electron chi connectivity index (χ3n) is 4.98. The number of aryl methyl sites for hydroxylation is 2. The third kappa shape index (κ3) is 3.95. The van der Waals surface area contributed by atoms with Gasteiger partial charge < -0.3 is 10.0 Å². The molecule has 0 radical (unpaired) electrons. The Bertz CT molecular complexity index is 1010. The zero-order valence-corrected chi connectivity index (χ0v) is 16.6. The third-order valence-corrected chi connectivity index (χ3v) is 6.34. The van der Waals surface area contributed by atoms with Gasteiger partial charge in [-0.15, -0.1) is 0 Å². The number of hydrogen-bond donors (Lipinski definition) is 2. The molecule has 0 aliphatic carbocycles. The summed E-state index contributed by atoms with van der Waals surface area (Å²) in [6.45, 7) is 4.18. The lowest BCUT2D eigenvalue weighted by atomic mass is 10.1. The quantitative estimate of drug-likeness (QED) is 0.564. The number of hydrogen-bond acceptors (Lipinski definition) is 6. The van der Waals surface area contributed by atoms with Gasteiger partial charge in [0.05, 0.1) is 28.2 Å². The number of nitrogens with one attached hydrogen (secondary N) is 1. The van der Waals surface area contributed by atoms with E-state index in [0.717, 1.165) is 30.0 Å². The predicted molar refractivity (Wildman–Crippen MR) is 107 cm³/mol. The molecule has 1 aliphatic heterocycles. The lowest BCUT2D eigenvalue weighted by Gasteiger charge is -2.25. The van der Waals surface area contributed by atoms with Crippen molar-refractivity contribution in [2.24, 2.45) is 0 Å². The van der Waals surface area contributed by atoms with E-state index in [2.05, 4.69) is 4.72 Å². The highest BCUT2D eigenvalue weighted by Crippen LogP contribution is 2.35. The summed E-state index contributed by atoms with van der Waals surface area (Å²) in [6.07, 6.45) is 1.55. The Balaban J connectivity index is 1.98. The summed E-state index contributed by atoms with van der Waals surface area (Å²) >= 11 is 0. The molecule has 0 amide bonds. The van der Waals surface area contributed by atoms with E-state index in [1.165, 1.54) is 12.1 Å². The lowest BCUT2D eigenvalue weighted by Crippen LogP contribution is -2.32. The number of rotatable bonds is 6. The molecule has 1 fully saturated rings. The summed E-state index contributed by atoms with van der Waals surface area (Å²) in [6, 6.07) is 9.00. The van der Waals surface area contributed by atoms with Crippen molar-refractivity contribution in [1.82, 2.24) is 0 Å². The molecule has 9 heteroatoms. The largest absolute Gasteiger partial charge is 0.394 e. The Labute approximate surface area is 164 Å². The van der Waals surface area contributed by atoms with Gasteiger partial charge >= 0.3 is 0 Å². The van der Waals surface area contributed by atoms with Crippen LogP contribution in [0, 0.1) is 24.0 Å². The molecular formula is C19H23N3O5S. The second kappa shape index (κ2) is 7.76. The fourth-order valence-electron chi connectivity index (χ4n) is 3.53. The highest BCUT2D eigenvalue weighted by molar-refractivity contribution is 7.92. The first-order chi connectivity index (χ1) is 13.2. The molecular weight excluding hydrogens is 382 g/mol. The van der Waals surface area contributed by atoms with Crippen LogP contribution in [0.1, 0.15) is 24.0 Å². The van der Waals surface area contributed by atoms with Gasteiger partial charge in [-0.1, -0.05) is 17.7 Å². The zero-order valence-electron chi connectivity index (χ0n) is 15.8. The van der Waals surface area contributed by atoms with Gasteiger partial charge in [-0.3, -0.25) is 14.8 Å². The van der Waals surface area contributed by atoms with E-state index < -0.39 is 14.9 Å². The number of aliphatic hydroxyl groups excluding tert-OH is 1. The second-order valence-electron chi connectivity index (χ2n) is 7.00. The zero-order chi connectivity index (χ0) is 20.5. The van der Waals surface area contributed by atoms with Gasteiger partial charge in [0.1, 0.15) is 5.69 Å². The van der Waals surface area contributed by atoms with Gasteiger partial charge in [-0.25, -0.2) is 8.42 Å². The molecule has 0 unspecified atom stereocenters. The standard InChI is InChI=1S/C19H23N3O5S/c1-13-5-7-17(14(2)10-13)20-28(26,27)16-6-8-18(19(11-16)22(24)25)21-9-3-4-15(21)12-23/h5-8,10-11,15,20,23H,3-4,9,12H2,1-2H3/t15-/m1/s1. The first kappa shape index (κ1) is 20.1. The van der Waals surface area contributed by atoms with Crippen molar-refractivity contribution in [3.8, 4) is 0 Å². The number of anilines is 2.